The smallest absolute Gasteiger partial charge is 0.369 e. The number of rotatable bonds is 3. The molecule has 0 spiro atoms. The van der Waals surface area contributed by atoms with Gasteiger partial charge in [0, 0.05) is 5.69 Å². The molecular formula is C10H10F3N5O. The van der Waals surface area contributed by atoms with Crippen molar-refractivity contribution in [3.63, 3.8) is 0 Å². The Kier molecular flexibility index (Phi) is 4.46. The fourth-order valence-corrected chi connectivity index (χ4v) is 1.07. The second kappa shape index (κ2) is 5.85. The van der Waals surface area contributed by atoms with E-state index in [-0.39, 0.29) is 11.6 Å². The Morgan fingerprint density at radius 2 is 1.79 bits per heavy atom. The molecule has 0 aromatic heterocycles. The average Bonchev–Trinajstić information content (AvgIpc) is 2.27. The van der Waals surface area contributed by atoms with Gasteiger partial charge in [0.1, 0.15) is 6.21 Å². The summed E-state index contributed by atoms with van der Waals surface area (Å²) in [6.45, 7) is 0. The van der Waals surface area contributed by atoms with Crippen LogP contribution in [0.15, 0.2) is 34.5 Å². The van der Waals surface area contributed by atoms with Crippen LogP contribution in [0.3, 0.4) is 0 Å². The monoisotopic (exact) mass is 273 g/mol. The zero-order valence-corrected chi connectivity index (χ0v) is 9.48. The molecule has 1 aromatic rings. The summed E-state index contributed by atoms with van der Waals surface area (Å²) < 4.78 is 36.8. The number of nitrogens with two attached hydrogens (primary N) is 2. The molecule has 0 unspecified atom stereocenters. The molecule has 9 heteroatoms. The van der Waals surface area contributed by atoms with Crippen molar-refractivity contribution in [3.8, 4) is 0 Å². The van der Waals surface area contributed by atoms with Gasteiger partial charge in [-0.05, 0) is 24.3 Å². The van der Waals surface area contributed by atoms with E-state index in [1.807, 2.05) is 0 Å². The Balaban J connectivity index is 2.66. The van der Waals surface area contributed by atoms with Crippen molar-refractivity contribution in [3.05, 3.63) is 29.8 Å². The summed E-state index contributed by atoms with van der Waals surface area (Å²) in [7, 11) is 0. The number of guanidine groups is 1. The lowest BCUT2D eigenvalue weighted by molar-refractivity contribution is -0.137. The second-order valence-corrected chi connectivity index (χ2v) is 3.33. The maximum atomic E-state index is 12.3. The number of nitrogens with one attached hydrogen (secondary N) is 1. The molecule has 19 heavy (non-hydrogen) atoms. The fourth-order valence-electron chi connectivity index (χ4n) is 1.07. The van der Waals surface area contributed by atoms with Gasteiger partial charge in [-0.25, -0.2) is 0 Å². The standard InChI is InChI=1S/C10H10F3N5O/c11-10(12,13)6-1-3-7(4-2-6)17-8(19)5-16-18-9(14)15/h1-5H,(H,17,19)(H4,14,15,18). The first-order valence-corrected chi connectivity index (χ1v) is 4.89. The van der Waals surface area contributed by atoms with E-state index in [0.29, 0.717) is 0 Å². The van der Waals surface area contributed by atoms with Gasteiger partial charge < -0.3 is 16.8 Å². The number of halogens is 3. The van der Waals surface area contributed by atoms with Gasteiger partial charge in [0.05, 0.1) is 5.56 Å². The van der Waals surface area contributed by atoms with Gasteiger partial charge in [-0.15, -0.1) is 10.2 Å². The first-order chi connectivity index (χ1) is 8.79. The third kappa shape index (κ3) is 5.06. The first-order valence-electron chi connectivity index (χ1n) is 4.89. The number of amides is 1. The van der Waals surface area contributed by atoms with Crippen LogP contribution in [0.1, 0.15) is 5.56 Å². The number of nitrogens with zero attached hydrogens (tertiary/aromatic N) is 2. The van der Waals surface area contributed by atoms with Crippen LogP contribution in [-0.4, -0.2) is 18.1 Å². The number of anilines is 1. The topological polar surface area (TPSA) is 106 Å². The Bertz CT molecular complexity index is 503. The van der Waals surface area contributed by atoms with E-state index in [0.717, 1.165) is 30.5 Å². The highest BCUT2D eigenvalue weighted by molar-refractivity contribution is 6.31. The number of carbonyl (C=O) groups is 1. The van der Waals surface area contributed by atoms with E-state index in [4.69, 9.17) is 11.5 Å². The summed E-state index contributed by atoms with van der Waals surface area (Å²) in [6, 6.07) is 3.94. The van der Waals surface area contributed by atoms with E-state index >= 15 is 0 Å². The maximum absolute atomic E-state index is 12.3. The summed E-state index contributed by atoms with van der Waals surface area (Å²) in [4.78, 5) is 11.2. The molecule has 0 saturated carbocycles. The molecule has 1 amide bonds. The van der Waals surface area contributed by atoms with Crippen LogP contribution < -0.4 is 16.8 Å². The Morgan fingerprint density at radius 1 is 1.21 bits per heavy atom. The molecule has 1 aromatic carbocycles. The van der Waals surface area contributed by atoms with Crippen molar-refractivity contribution in [1.29, 1.82) is 0 Å². The molecule has 0 bridgehead atoms. The number of benzene rings is 1. The quantitative estimate of drug-likeness (QED) is 0.433. The molecule has 102 valence electrons. The molecular weight excluding hydrogens is 263 g/mol. The summed E-state index contributed by atoms with van der Waals surface area (Å²) in [6.07, 6.45) is -3.63. The largest absolute Gasteiger partial charge is 0.416 e. The second-order valence-electron chi connectivity index (χ2n) is 3.33. The van der Waals surface area contributed by atoms with Crippen LogP contribution in [-0.2, 0) is 11.0 Å². The molecule has 0 fully saturated rings. The molecule has 0 heterocycles. The Hall–Kier alpha value is -2.58. The lowest BCUT2D eigenvalue weighted by Gasteiger charge is -2.07. The molecule has 6 nitrogen and oxygen atoms in total. The normalized spacial score (nSPS) is 11.3. The van der Waals surface area contributed by atoms with Gasteiger partial charge in [-0.2, -0.15) is 13.2 Å². The zero-order chi connectivity index (χ0) is 14.5. The highest BCUT2D eigenvalue weighted by Crippen LogP contribution is 2.29. The minimum Gasteiger partial charge on any atom is -0.369 e. The SMILES string of the molecule is NC(N)=NN=CC(=O)Nc1ccc(C(F)(F)F)cc1. The van der Waals surface area contributed by atoms with E-state index < -0.39 is 17.6 Å². The van der Waals surface area contributed by atoms with Crippen LogP contribution in [0.5, 0.6) is 0 Å². The van der Waals surface area contributed by atoms with Crippen molar-refractivity contribution in [2.45, 2.75) is 6.18 Å². The number of hydrogen-bond acceptors (Lipinski definition) is 3. The van der Waals surface area contributed by atoms with Crippen molar-refractivity contribution in [1.82, 2.24) is 0 Å². The van der Waals surface area contributed by atoms with Crippen molar-refractivity contribution in [2.75, 3.05) is 5.32 Å². The van der Waals surface area contributed by atoms with Crippen LogP contribution in [0.2, 0.25) is 0 Å². The predicted molar refractivity (Wildman–Crippen MR) is 64.4 cm³/mol. The van der Waals surface area contributed by atoms with Gasteiger partial charge in [0.25, 0.3) is 5.91 Å². The minimum absolute atomic E-state index is 0.189. The molecule has 0 aliphatic rings. The van der Waals surface area contributed by atoms with Gasteiger partial charge in [-0.1, -0.05) is 0 Å². The van der Waals surface area contributed by atoms with E-state index in [1.165, 1.54) is 0 Å². The molecule has 0 atom stereocenters. The lowest BCUT2D eigenvalue weighted by Crippen LogP contribution is -2.22. The van der Waals surface area contributed by atoms with Gasteiger partial charge in [-0.3, -0.25) is 4.79 Å². The third-order valence-electron chi connectivity index (χ3n) is 1.83. The van der Waals surface area contributed by atoms with Gasteiger partial charge in [0.15, 0.2) is 0 Å². The number of alkyl halides is 3. The predicted octanol–water partition coefficient (Wildman–Crippen LogP) is 0.903. The van der Waals surface area contributed by atoms with Gasteiger partial charge >= 0.3 is 6.18 Å². The summed E-state index contributed by atoms with van der Waals surface area (Å²) >= 11 is 0. The number of hydrogen-bond donors (Lipinski definition) is 3. The van der Waals surface area contributed by atoms with Crippen LogP contribution in [0.25, 0.3) is 0 Å². The maximum Gasteiger partial charge on any atom is 0.416 e. The fraction of sp³-hybridized carbons (Fsp3) is 0.100. The molecule has 0 aliphatic carbocycles. The van der Waals surface area contributed by atoms with E-state index in [2.05, 4.69) is 15.5 Å². The molecule has 0 saturated heterocycles. The Labute approximate surface area is 106 Å². The van der Waals surface area contributed by atoms with Gasteiger partial charge in [0.2, 0.25) is 5.96 Å². The molecule has 0 radical (unpaired) electrons. The Morgan fingerprint density at radius 3 is 2.26 bits per heavy atom. The van der Waals surface area contributed by atoms with Crippen LogP contribution in [0, 0.1) is 0 Å². The minimum atomic E-state index is -4.42. The van der Waals surface area contributed by atoms with Crippen LogP contribution in [0.4, 0.5) is 18.9 Å². The number of carbonyl (C=O) groups excluding carboxylic acids is 1. The van der Waals surface area contributed by atoms with E-state index in [1.54, 1.807) is 0 Å². The zero-order valence-electron chi connectivity index (χ0n) is 9.48. The van der Waals surface area contributed by atoms with Crippen molar-refractivity contribution in [2.24, 2.45) is 21.7 Å². The molecule has 5 N–H and O–H groups in total. The summed E-state index contributed by atoms with van der Waals surface area (Å²) in [5.74, 6) is -0.997. The highest BCUT2D eigenvalue weighted by atomic mass is 19.4. The average molecular weight is 273 g/mol. The first kappa shape index (κ1) is 14.5. The van der Waals surface area contributed by atoms with E-state index in [9.17, 15) is 18.0 Å². The van der Waals surface area contributed by atoms with Crippen molar-refractivity contribution < 1.29 is 18.0 Å². The lowest BCUT2D eigenvalue weighted by atomic mass is 10.2. The summed E-state index contributed by atoms with van der Waals surface area (Å²) in [5, 5.41) is 8.72. The third-order valence-corrected chi connectivity index (χ3v) is 1.83. The molecule has 0 aliphatic heterocycles. The highest BCUT2D eigenvalue weighted by Gasteiger charge is 2.29. The summed E-state index contributed by atoms with van der Waals surface area (Å²) in [5.41, 5.74) is 9.31. The van der Waals surface area contributed by atoms with Crippen LogP contribution >= 0.6 is 0 Å². The van der Waals surface area contributed by atoms with Crippen molar-refractivity contribution >= 4 is 23.8 Å². The molecule has 1 rings (SSSR count).